The van der Waals surface area contributed by atoms with Crippen molar-refractivity contribution in [2.24, 2.45) is 5.92 Å². The van der Waals surface area contributed by atoms with Crippen LogP contribution in [0.1, 0.15) is 45.1 Å². The predicted octanol–water partition coefficient (Wildman–Crippen LogP) is 2.05. The van der Waals surface area contributed by atoms with Crippen LogP contribution in [0.15, 0.2) is 23.4 Å². The Balaban J connectivity index is 2.00. The first-order valence-corrected chi connectivity index (χ1v) is 9.21. The summed E-state index contributed by atoms with van der Waals surface area (Å²) in [5.41, 5.74) is 0.987. The normalized spacial score (nSPS) is 16.9. The number of aromatic nitrogens is 1. The Morgan fingerprint density at radius 3 is 2.62 bits per heavy atom. The zero-order valence-corrected chi connectivity index (χ0v) is 13.6. The molecular weight excluding hydrogens is 286 g/mol. The number of sulfonamides is 1. The van der Waals surface area contributed by atoms with Gasteiger partial charge in [0.2, 0.25) is 0 Å². The fourth-order valence-corrected chi connectivity index (χ4v) is 3.54. The maximum atomic E-state index is 12.3. The highest BCUT2D eigenvalue weighted by Crippen LogP contribution is 2.34. The van der Waals surface area contributed by atoms with E-state index in [0.717, 1.165) is 24.9 Å². The fourth-order valence-electron chi connectivity index (χ4n) is 2.28. The van der Waals surface area contributed by atoms with Crippen LogP contribution in [0.4, 0.5) is 0 Å². The SMILES string of the molecule is CCNCc1ccc(S(=O)(=O)NC(CC)CC2CC2)nc1. The molecule has 1 saturated carbocycles. The van der Waals surface area contributed by atoms with Gasteiger partial charge in [-0.1, -0.05) is 32.8 Å². The second-order valence-corrected chi connectivity index (χ2v) is 7.35. The highest BCUT2D eigenvalue weighted by molar-refractivity contribution is 7.89. The van der Waals surface area contributed by atoms with Crippen molar-refractivity contribution in [1.82, 2.24) is 15.0 Å². The molecule has 0 amide bonds. The minimum atomic E-state index is -3.51. The van der Waals surface area contributed by atoms with Crippen molar-refractivity contribution >= 4 is 10.0 Å². The van der Waals surface area contributed by atoms with Gasteiger partial charge < -0.3 is 5.32 Å². The fraction of sp³-hybridized carbons (Fsp3) is 0.667. The van der Waals surface area contributed by atoms with Crippen LogP contribution < -0.4 is 10.0 Å². The van der Waals surface area contributed by atoms with Gasteiger partial charge in [-0.3, -0.25) is 0 Å². The van der Waals surface area contributed by atoms with Crippen LogP contribution in [0.25, 0.3) is 0 Å². The molecule has 6 heteroatoms. The third-order valence-corrected chi connectivity index (χ3v) is 5.22. The van der Waals surface area contributed by atoms with E-state index in [0.29, 0.717) is 12.5 Å². The van der Waals surface area contributed by atoms with Gasteiger partial charge in [-0.25, -0.2) is 18.1 Å². The molecule has 0 spiro atoms. The third-order valence-electron chi connectivity index (χ3n) is 3.78. The Morgan fingerprint density at radius 2 is 2.10 bits per heavy atom. The molecule has 1 aromatic heterocycles. The predicted molar refractivity (Wildman–Crippen MR) is 83.4 cm³/mol. The topological polar surface area (TPSA) is 71.1 Å². The Bertz CT molecular complexity index is 539. The molecule has 0 bridgehead atoms. The van der Waals surface area contributed by atoms with Gasteiger partial charge in [0.15, 0.2) is 5.03 Å². The summed E-state index contributed by atoms with van der Waals surface area (Å²) in [6.07, 6.45) is 5.84. The van der Waals surface area contributed by atoms with Crippen molar-refractivity contribution < 1.29 is 8.42 Å². The summed E-state index contributed by atoms with van der Waals surface area (Å²) >= 11 is 0. The maximum Gasteiger partial charge on any atom is 0.258 e. The zero-order chi connectivity index (χ0) is 15.3. The summed E-state index contributed by atoms with van der Waals surface area (Å²) in [7, 11) is -3.51. The lowest BCUT2D eigenvalue weighted by Gasteiger charge is -2.16. The molecule has 5 nitrogen and oxygen atoms in total. The smallest absolute Gasteiger partial charge is 0.258 e. The van der Waals surface area contributed by atoms with E-state index in [4.69, 9.17) is 0 Å². The molecule has 2 rings (SSSR count). The summed E-state index contributed by atoms with van der Waals surface area (Å²) in [6, 6.07) is 3.41. The van der Waals surface area contributed by atoms with E-state index in [1.807, 2.05) is 19.9 Å². The lowest BCUT2D eigenvalue weighted by Crippen LogP contribution is -2.35. The highest BCUT2D eigenvalue weighted by Gasteiger charge is 2.27. The molecule has 1 aliphatic rings. The Morgan fingerprint density at radius 1 is 1.33 bits per heavy atom. The molecule has 0 aromatic carbocycles. The van der Waals surface area contributed by atoms with Crippen LogP contribution in [0.3, 0.4) is 0 Å². The molecule has 1 fully saturated rings. The van der Waals surface area contributed by atoms with Crippen LogP contribution >= 0.6 is 0 Å². The van der Waals surface area contributed by atoms with Gasteiger partial charge in [-0.2, -0.15) is 0 Å². The maximum absolute atomic E-state index is 12.3. The molecule has 1 unspecified atom stereocenters. The van der Waals surface area contributed by atoms with Gasteiger partial charge in [-0.05, 0) is 36.9 Å². The van der Waals surface area contributed by atoms with Crippen LogP contribution in [0.2, 0.25) is 0 Å². The second kappa shape index (κ2) is 7.33. The van der Waals surface area contributed by atoms with E-state index >= 15 is 0 Å². The van der Waals surface area contributed by atoms with E-state index in [-0.39, 0.29) is 11.1 Å². The minimum Gasteiger partial charge on any atom is -0.313 e. The van der Waals surface area contributed by atoms with E-state index in [2.05, 4.69) is 15.0 Å². The van der Waals surface area contributed by atoms with Crippen molar-refractivity contribution in [3.8, 4) is 0 Å². The number of pyridine rings is 1. The van der Waals surface area contributed by atoms with E-state index in [9.17, 15) is 8.42 Å². The highest BCUT2D eigenvalue weighted by atomic mass is 32.2. The average molecular weight is 311 g/mol. The lowest BCUT2D eigenvalue weighted by molar-refractivity contribution is 0.493. The molecule has 2 N–H and O–H groups in total. The number of hydrogen-bond donors (Lipinski definition) is 2. The van der Waals surface area contributed by atoms with Gasteiger partial charge in [0.1, 0.15) is 0 Å². The minimum absolute atomic E-state index is 0.0192. The van der Waals surface area contributed by atoms with Gasteiger partial charge in [0, 0.05) is 18.8 Å². The molecule has 1 heterocycles. The van der Waals surface area contributed by atoms with E-state index < -0.39 is 10.0 Å². The van der Waals surface area contributed by atoms with Gasteiger partial charge >= 0.3 is 0 Å². The van der Waals surface area contributed by atoms with Crippen LogP contribution in [-0.2, 0) is 16.6 Å². The van der Waals surface area contributed by atoms with Crippen LogP contribution in [-0.4, -0.2) is 26.0 Å². The summed E-state index contributed by atoms with van der Waals surface area (Å²) in [6.45, 7) is 5.63. The van der Waals surface area contributed by atoms with Crippen molar-refractivity contribution in [1.29, 1.82) is 0 Å². The van der Waals surface area contributed by atoms with Gasteiger partial charge in [0.25, 0.3) is 10.0 Å². The summed E-state index contributed by atoms with van der Waals surface area (Å²) < 4.78 is 27.5. The Kier molecular flexibility index (Phi) is 5.72. The average Bonchev–Trinajstić information content (AvgIpc) is 3.28. The van der Waals surface area contributed by atoms with Crippen molar-refractivity contribution in [3.63, 3.8) is 0 Å². The molecule has 0 saturated heterocycles. The molecule has 0 radical (unpaired) electrons. The number of rotatable bonds is 9. The number of nitrogens with one attached hydrogen (secondary N) is 2. The lowest BCUT2D eigenvalue weighted by atomic mass is 10.1. The largest absolute Gasteiger partial charge is 0.313 e. The molecule has 1 aromatic rings. The Hall–Kier alpha value is -0.980. The molecule has 1 atom stereocenters. The zero-order valence-electron chi connectivity index (χ0n) is 12.8. The number of hydrogen-bond acceptors (Lipinski definition) is 4. The molecule has 118 valence electrons. The number of nitrogens with zero attached hydrogens (tertiary/aromatic N) is 1. The summed E-state index contributed by atoms with van der Waals surface area (Å²) in [5.74, 6) is 0.702. The Labute approximate surface area is 127 Å². The quantitative estimate of drug-likeness (QED) is 0.732. The summed E-state index contributed by atoms with van der Waals surface area (Å²) in [5, 5.41) is 3.30. The van der Waals surface area contributed by atoms with Crippen molar-refractivity contribution in [2.45, 2.75) is 57.1 Å². The van der Waals surface area contributed by atoms with Gasteiger partial charge in [-0.15, -0.1) is 0 Å². The third kappa shape index (κ3) is 5.05. The monoisotopic (exact) mass is 311 g/mol. The first-order chi connectivity index (χ1) is 10.0. The van der Waals surface area contributed by atoms with Crippen LogP contribution in [0.5, 0.6) is 0 Å². The van der Waals surface area contributed by atoms with E-state index in [1.165, 1.54) is 12.8 Å². The first-order valence-electron chi connectivity index (χ1n) is 7.73. The molecule has 1 aliphatic carbocycles. The molecular formula is C15H25N3O2S. The van der Waals surface area contributed by atoms with E-state index in [1.54, 1.807) is 12.3 Å². The standard InChI is InChI=1S/C15H25N3O2S/c1-3-14(9-12-5-6-12)18-21(19,20)15-8-7-13(11-17-15)10-16-4-2/h7-8,11-12,14,16,18H,3-6,9-10H2,1-2H3. The molecule has 0 aliphatic heterocycles. The second-order valence-electron chi connectivity index (χ2n) is 5.69. The summed E-state index contributed by atoms with van der Waals surface area (Å²) in [4.78, 5) is 4.09. The van der Waals surface area contributed by atoms with Crippen molar-refractivity contribution in [3.05, 3.63) is 23.9 Å². The van der Waals surface area contributed by atoms with Crippen LogP contribution in [0, 0.1) is 5.92 Å². The van der Waals surface area contributed by atoms with Gasteiger partial charge in [0.05, 0.1) is 0 Å². The first kappa shape index (κ1) is 16.4. The molecule has 21 heavy (non-hydrogen) atoms. The van der Waals surface area contributed by atoms with Crippen molar-refractivity contribution in [2.75, 3.05) is 6.54 Å².